The monoisotopic (exact) mass is 843 g/mol. The van der Waals surface area contributed by atoms with Crippen molar-refractivity contribution >= 4 is 0 Å². The number of hydrogen-bond donors (Lipinski definition) is 2. The fourth-order valence-electron chi connectivity index (χ4n) is 18.9. The summed E-state index contributed by atoms with van der Waals surface area (Å²) in [5.74, 6) is 11.0. The zero-order valence-electron chi connectivity index (χ0n) is 41.7. The zero-order valence-corrected chi connectivity index (χ0v) is 41.7. The lowest BCUT2D eigenvalue weighted by Gasteiger charge is -2.59. The SMILES string of the molecule is CC(C)CCC[C@@H](C)[C@H]1CCC2C3CC=C4CC(C(CO)OC(CO)C5CC[C@@]6(C)C(=CCC7C6CC[C@@]6(C)C7CC[C@@H]6[C@H](C)CCCC(C)C)C5)CC[C@]4(C)C3CC[C@@]21C. The van der Waals surface area contributed by atoms with E-state index in [1.807, 2.05) is 0 Å². The van der Waals surface area contributed by atoms with Crippen LogP contribution in [0.1, 0.15) is 210 Å². The molecule has 0 radical (unpaired) electrons. The summed E-state index contributed by atoms with van der Waals surface area (Å²) >= 11 is 0. The Morgan fingerprint density at radius 2 is 0.934 bits per heavy atom. The summed E-state index contributed by atoms with van der Waals surface area (Å²) in [7, 11) is 0. The van der Waals surface area contributed by atoms with Gasteiger partial charge in [-0.3, -0.25) is 0 Å². The van der Waals surface area contributed by atoms with E-state index >= 15 is 0 Å². The molecule has 6 saturated carbocycles. The van der Waals surface area contributed by atoms with E-state index in [1.54, 1.807) is 11.1 Å². The second-order valence-corrected chi connectivity index (χ2v) is 26.2. The van der Waals surface area contributed by atoms with Gasteiger partial charge in [0, 0.05) is 0 Å². The molecular weight excluding hydrogens is 745 g/mol. The maximum atomic E-state index is 11.0. The molecule has 3 heteroatoms. The number of fused-ring (bicyclic) bond motifs is 10. The second kappa shape index (κ2) is 18.6. The molecule has 8 rings (SSSR count). The molecule has 0 aliphatic heterocycles. The highest BCUT2D eigenvalue weighted by Crippen LogP contribution is 2.69. The first-order chi connectivity index (χ1) is 29.1. The average molecular weight is 843 g/mol. The number of hydrogen-bond acceptors (Lipinski definition) is 3. The summed E-state index contributed by atoms with van der Waals surface area (Å²) in [5, 5.41) is 22.0. The van der Waals surface area contributed by atoms with Gasteiger partial charge in [-0.2, -0.15) is 0 Å². The molecule has 0 amide bonds. The average Bonchev–Trinajstić information content (AvgIpc) is 3.77. The van der Waals surface area contributed by atoms with Gasteiger partial charge < -0.3 is 14.9 Å². The fourth-order valence-corrected chi connectivity index (χ4v) is 18.9. The first-order valence-corrected chi connectivity index (χ1v) is 27.3. The summed E-state index contributed by atoms with van der Waals surface area (Å²) in [5.41, 5.74) is 5.06. The van der Waals surface area contributed by atoms with Gasteiger partial charge in [-0.15, -0.1) is 0 Å². The van der Waals surface area contributed by atoms with Gasteiger partial charge in [0.2, 0.25) is 0 Å². The molecule has 3 nitrogen and oxygen atoms in total. The van der Waals surface area contributed by atoms with Crippen LogP contribution in [0.4, 0.5) is 0 Å². The van der Waals surface area contributed by atoms with Crippen LogP contribution < -0.4 is 0 Å². The second-order valence-electron chi connectivity index (χ2n) is 26.2. The normalized spacial score (nSPS) is 45.1. The third kappa shape index (κ3) is 8.52. The van der Waals surface area contributed by atoms with E-state index in [1.165, 1.54) is 116 Å². The number of aliphatic hydroxyl groups excluding tert-OH is 2. The molecule has 18 atom stereocenters. The minimum atomic E-state index is -0.181. The molecule has 0 aromatic rings. The van der Waals surface area contributed by atoms with Crippen molar-refractivity contribution in [3.8, 4) is 0 Å². The van der Waals surface area contributed by atoms with Crippen LogP contribution in [0.2, 0.25) is 0 Å². The lowest BCUT2D eigenvalue weighted by atomic mass is 9.46. The van der Waals surface area contributed by atoms with Crippen molar-refractivity contribution in [3.05, 3.63) is 23.3 Å². The molecule has 8 aliphatic rings. The third-order valence-corrected chi connectivity index (χ3v) is 22.4. The van der Waals surface area contributed by atoms with Crippen LogP contribution in [0.25, 0.3) is 0 Å². The minimum Gasteiger partial charge on any atom is -0.394 e. The highest BCUT2D eigenvalue weighted by Gasteiger charge is 2.61. The Bertz CT molecular complexity index is 1430. The molecule has 0 saturated heterocycles. The highest BCUT2D eigenvalue weighted by atomic mass is 16.5. The maximum absolute atomic E-state index is 11.0. The highest BCUT2D eigenvalue weighted by molar-refractivity contribution is 5.27. The lowest BCUT2D eigenvalue weighted by molar-refractivity contribution is -0.124. The standard InChI is InChI=1S/C58H98O3/c1-37(2)13-11-15-39(5)47-21-23-49-45-19-17-43-33-41(25-29-55(43,7)51(45)27-31-57(47,49)9)53(35-59)61-54(36-60)42-26-30-56(8)44(34-42)18-20-46-50-24-22-48(40(6)16-12-14-38(3)4)58(50,10)32-28-52(46)56/h17-18,37-42,45-54,59-60H,11-16,19-36H2,1-10H3/t39-,40-,41?,42?,45?,46?,47-,48-,49?,50?,51?,52?,53?,54?,55+,56+,57-,58-/m1/s1. The molecular formula is C58H98O3. The zero-order chi connectivity index (χ0) is 43.5. The van der Waals surface area contributed by atoms with Crippen LogP contribution in [0.3, 0.4) is 0 Å². The maximum Gasteiger partial charge on any atom is 0.0841 e. The van der Waals surface area contributed by atoms with E-state index < -0.39 is 0 Å². The Kier molecular flexibility index (Phi) is 14.3. The molecule has 6 fully saturated rings. The quantitative estimate of drug-likeness (QED) is 0.152. The van der Waals surface area contributed by atoms with Gasteiger partial charge in [-0.1, -0.05) is 131 Å². The Hall–Kier alpha value is -0.640. The summed E-state index contributed by atoms with van der Waals surface area (Å²) in [6, 6.07) is 0. The van der Waals surface area contributed by atoms with Crippen LogP contribution >= 0.6 is 0 Å². The van der Waals surface area contributed by atoms with E-state index in [-0.39, 0.29) is 25.4 Å². The van der Waals surface area contributed by atoms with Gasteiger partial charge in [-0.05, 0) is 207 Å². The minimum absolute atomic E-state index is 0.0722. The Balaban J connectivity index is 0.882. The fraction of sp³-hybridized carbons (Fsp3) is 0.931. The molecule has 2 N–H and O–H groups in total. The molecule has 0 spiro atoms. The van der Waals surface area contributed by atoms with Crippen LogP contribution in [0.5, 0.6) is 0 Å². The first-order valence-electron chi connectivity index (χ1n) is 27.3. The van der Waals surface area contributed by atoms with Crippen LogP contribution in [-0.4, -0.2) is 35.6 Å². The Morgan fingerprint density at radius 3 is 1.31 bits per heavy atom. The number of aliphatic hydroxyl groups is 2. The Morgan fingerprint density at radius 1 is 0.525 bits per heavy atom. The van der Waals surface area contributed by atoms with Crippen molar-refractivity contribution < 1.29 is 14.9 Å². The largest absolute Gasteiger partial charge is 0.394 e. The van der Waals surface area contributed by atoms with Crippen LogP contribution in [-0.2, 0) is 4.74 Å². The lowest BCUT2D eigenvalue weighted by Crippen LogP contribution is -2.52. The smallest absolute Gasteiger partial charge is 0.0841 e. The van der Waals surface area contributed by atoms with Gasteiger partial charge in [0.1, 0.15) is 0 Å². The molecule has 0 aromatic carbocycles. The molecule has 0 bridgehead atoms. The molecule has 348 valence electrons. The third-order valence-electron chi connectivity index (χ3n) is 22.4. The van der Waals surface area contributed by atoms with E-state index in [4.69, 9.17) is 4.74 Å². The van der Waals surface area contributed by atoms with Gasteiger partial charge >= 0.3 is 0 Å². The van der Waals surface area contributed by atoms with Crippen molar-refractivity contribution in [2.75, 3.05) is 13.2 Å². The summed E-state index contributed by atoms with van der Waals surface area (Å²) in [6.45, 7) is 25.6. The van der Waals surface area contributed by atoms with Gasteiger partial charge in [0.15, 0.2) is 0 Å². The predicted octanol–water partition coefficient (Wildman–Crippen LogP) is 15.0. The van der Waals surface area contributed by atoms with E-state index in [2.05, 4.69) is 81.4 Å². The molecule has 61 heavy (non-hydrogen) atoms. The summed E-state index contributed by atoms with van der Waals surface area (Å²) < 4.78 is 7.00. The molecule has 10 unspecified atom stereocenters. The van der Waals surface area contributed by atoms with Crippen LogP contribution in [0.15, 0.2) is 23.3 Å². The van der Waals surface area contributed by atoms with Crippen molar-refractivity contribution in [1.29, 1.82) is 0 Å². The molecule has 0 aromatic heterocycles. The topological polar surface area (TPSA) is 49.7 Å². The first kappa shape index (κ1) is 46.9. The summed E-state index contributed by atoms with van der Waals surface area (Å²) in [6.07, 6.45) is 34.5. The number of ether oxygens (including phenoxy) is 1. The number of rotatable bonds is 16. The number of allylic oxidation sites excluding steroid dienone is 4. The van der Waals surface area contributed by atoms with E-state index in [0.29, 0.717) is 33.5 Å². The van der Waals surface area contributed by atoms with Crippen LogP contribution in [0, 0.1) is 105 Å². The van der Waals surface area contributed by atoms with Crippen molar-refractivity contribution in [3.63, 3.8) is 0 Å². The summed E-state index contributed by atoms with van der Waals surface area (Å²) in [4.78, 5) is 0. The molecule has 0 heterocycles. The van der Waals surface area contributed by atoms with Crippen molar-refractivity contribution in [1.82, 2.24) is 0 Å². The van der Waals surface area contributed by atoms with E-state index in [0.717, 1.165) is 96.7 Å². The predicted molar refractivity (Wildman–Crippen MR) is 256 cm³/mol. The molecule has 8 aliphatic carbocycles. The van der Waals surface area contributed by atoms with Gasteiger partial charge in [0.05, 0.1) is 25.4 Å². The van der Waals surface area contributed by atoms with Crippen molar-refractivity contribution in [2.45, 2.75) is 223 Å². The van der Waals surface area contributed by atoms with Gasteiger partial charge in [-0.25, -0.2) is 0 Å². The Labute approximate surface area is 377 Å². The van der Waals surface area contributed by atoms with Crippen molar-refractivity contribution in [2.24, 2.45) is 105 Å². The van der Waals surface area contributed by atoms with Gasteiger partial charge in [0.25, 0.3) is 0 Å². The van der Waals surface area contributed by atoms with E-state index in [9.17, 15) is 10.2 Å².